The molecule has 0 spiro atoms. The fourth-order valence-corrected chi connectivity index (χ4v) is 4.17. The molecule has 0 aliphatic carbocycles. The van der Waals surface area contributed by atoms with Crippen LogP contribution in [0.1, 0.15) is 17.5 Å². The molecule has 0 N–H and O–H groups in total. The number of hydrogen-bond acceptors (Lipinski definition) is 4. The van der Waals surface area contributed by atoms with Crippen LogP contribution in [-0.4, -0.2) is 67.3 Å². The van der Waals surface area contributed by atoms with Gasteiger partial charge in [0.2, 0.25) is 5.91 Å². The third-order valence-corrected chi connectivity index (χ3v) is 5.53. The molecule has 4 rings (SSSR count). The predicted molar refractivity (Wildman–Crippen MR) is 90.6 cm³/mol. The van der Waals surface area contributed by atoms with Gasteiger partial charge >= 0.3 is 0 Å². The standard InChI is InChI=1S/C19H26N2O3/c1-14-4-2-3-5-15(14)11-20-12-16-10-17(18(13-20)24-16)19(22)21-6-8-23-9-7-21/h2-5,16-18H,6-13H2,1H3/t16-,17-,18-/m1/s1. The Morgan fingerprint density at radius 3 is 2.79 bits per heavy atom. The number of carbonyl (C=O) groups is 1. The summed E-state index contributed by atoms with van der Waals surface area (Å²) in [6, 6.07) is 8.54. The number of fused-ring (bicyclic) bond motifs is 2. The lowest BCUT2D eigenvalue weighted by Crippen LogP contribution is -2.48. The molecular formula is C19H26N2O3. The molecular weight excluding hydrogens is 304 g/mol. The highest BCUT2D eigenvalue weighted by molar-refractivity contribution is 5.80. The van der Waals surface area contributed by atoms with Crippen molar-refractivity contribution in [3.8, 4) is 0 Å². The number of aryl methyl sites for hydroxylation is 1. The monoisotopic (exact) mass is 330 g/mol. The lowest BCUT2D eigenvalue weighted by molar-refractivity contribution is -0.142. The summed E-state index contributed by atoms with van der Waals surface area (Å²) in [7, 11) is 0. The van der Waals surface area contributed by atoms with Crippen LogP contribution in [0.25, 0.3) is 0 Å². The Kier molecular flexibility index (Phi) is 4.57. The van der Waals surface area contributed by atoms with E-state index in [0.29, 0.717) is 13.2 Å². The topological polar surface area (TPSA) is 42.0 Å². The van der Waals surface area contributed by atoms with Crippen LogP contribution >= 0.6 is 0 Å². The van der Waals surface area contributed by atoms with Gasteiger partial charge in [-0.1, -0.05) is 24.3 Å². The third-order valence-electron chi connectivity index (χ3n) is 5.53. The summed E-state index contributed by atoms with van der Waals surface area (Å²) < 4.78 is 11.5. The molecule has 3 fully saturated rings. The first kappa shape index (κ1) is 16.1. The van der Waals surface area contributed by atoms with E-state index in [9.17, 15) is 4.79 Å². The molecule has 1 amide bonds. The summed E-state index contributed by atoms with van der Waals surface area (Å²) in [5.74, 6) is 0.290. The number of hydrogen-bond donors (Lipinski definition) is 0. The normalized spacial score (nSPS) is 30.5. The Bertz CT molecular complexity index is 600. The van der Waals surface area contributed by atoms with Crippen LogP contribution < -0.4 is 0 Å². The zero-order chi connectivity index (χ0) is 16.5. The van der Waals surface area contributed by atoms with Crippen molar-refractivity contribution in [3.63, 3.8) is 0 Å². The highest BCUT2D eigenvalue weighted by Gasteiger charge is 2.45. The lowest BCUT2D eigenvalue weighted by atomic mass is 9.98. The summed E-state index contributed by atoms with van der Waals surface area (Å²) in [5, 5.41) is 0. The van der Waals surface area contributed by atoms with Crippen molar-refractivity contribution < 1.29 is 14.3 Å². The first-order chi connectivity index (χ1) is 11.7. The number of nitrogens with zero attached hydrogens (tertiary/aromatic N) is 2. The number of amides is 1. The van der Waals surface area contributed by atoms with Crippen LogP contribution in [0.15, 0.2) is 24.3 Å². The van der Waals surface area contributed by atoms with E-state index in [1.807, 2.05) is 4.90 Å². The van der Waals surface area contributed by atoms with E-state index in [1.54, 1.807) is 0 Å². The summed E-state index contributed by atoms with van der Waals surface area (Å²) in [6.07, 6.45) is 1.11. The van der Waals surface area contributed by atoms with Crippen LogP contribution in [0.2, 0.25) is 0 Å². The van der Waals surface area contributed by atoms with Crippen LogP contribution in [-0.2, 0) is 20.8 Å². The largest absolute Gasteiger partial charge is 0.378 e. The molecule has 0 radical (unpaired) electrons. The first-order valence-electron chi connectivity index (χ1n) is 8.99. The molecule has 3 heterocycles. The Morgan fingerprint density at radius 2 is 2.00 bits per heavy atom. The fourth-order valence-electron chi connectivity index (χ4n) is 4.17. The van der Waals surface area contributed by atoms with Gasteiger partial charge in [-0.2, -0.15) is 0 Å². The molecule has 3 atom stereocenters. The smallest absolute Gasteiger partial charge is 0.228 e. The molecule has 0 unspecified atom stereocenters. The van der Waals surface area contributed by atoms with Gasteiger partial charge in [0, 0.05) is 32.7 Å². The van der Waals surface area contributed by atoms with Crippen molar-refractivity contribution in [1.82, 2.24) is 9.80 Å². The molecule has 3 aliphatic rings. The van der Waals surface area contributed by atoms with E-state index >= 15 is 0 Å². The maximum atomic E-state index is 12.8. The van der Waals surface area contributed by atoms with E-state index in [1.165, 1.54) is 11.1 Å². The fraction of sp³-hybridized carbons (Fsp3) is 0.632. The average molecular weight is 330 g/mol. The Hall–Kier alpha value is -1.43. The quantitative estimate of drug-likeness (QED) is 0.841. The van der Waals surface area contributed by atoms with Crippen LogP contribution in [0.4, 0.5) is 0 Å². The van der Waals surface area contributed by atoms with Gasteiger partial charge in [-0.3, -0.25) is 9.69 Å². The maximum absolute atomic E-state index is 12.8. The second-order valence-electron chi connectivity index (χ2n) is 7.20. The van der Waals surface area contributed by atoms with Crippen molar-refractivity contribution in [3.05, 3.63) is 35.4 Å². The minimum absolute atomic E-state index is 0.0231. The third kappa shape index (κ3) is 3.21. The Morgan fingerprint density at radius 1 is 1.21 bits per heavy atom. The number of ether oxygens (including phenoxy) is 2. The number of likely N-dealkylation sites (tertiary alicyclic amines) is 1. The van der Waals surface area contributed by atoms with Crippen molar-refractivity contribution in [1.29, 1.82) is 0 Å². The predicted octanol–water partition coefficient (Wildman–Crippen LogP) is 1.44. The maximum Gasteiger partial charge on any atom is 0.228 e. The van der Waals surface area contributed by atoms with Crippen molar-refractivity contribution >= 4 is 5.91 Å². The minimum atomic E-state index is 0.0231. The van der Waals surface area contributed by atoms with E-state index in [4.69, 9.17) is 9.47 Å². The van der Waals surface area contributed by atoms with Crippen molar-refractivity contribution in [2.24, 2.45) is 5.92 Å². The van der Waals surface area contributed by atoms with Gasteiger partial charge in [0.1, 0.15) is 0 Å². The van der Waals surface area contributed by atoms with E-state index in [-0.39, 0.29) is 24.0 Å². The van der Waals surface area contributed by atoms with E-state index in [0.717, 1.165) is 39.1 Å². The average Bonchev–Trinajstić information content (AvgIpc) is 2.91. The number of carbonyl (C=O) groups excluding carboxylic acids is 1. The van der Waals surface area contributed by atoms with Crippen molar-refractivity contribution in [2.75, 3.05) is 39.4 Å². The molecule has 1 aromatic rings. The minimum Gasteiger partial charge on any atom is -0.378 e. The van der Waals surface area contributed by atoms with E-state index < -0.39 is 0 Å². The molecule has 1 aromatic carbocycles. The molecule has 24 heavy (non-hydrogen) atoms. The highest BCUT2D eigenvalue weighted by atomic mass is 16.5. The van der Waals surface area contributed by atoms with Gasteiger partial charge in [0.25, 0.3) is 0 Å². The summed E-state index contributed by atoms with van der Waals surface area (Å²) in [5.41, 5.74) is 2.70. The molecule has 0 aromatic heterocycles. The summed E-state index contributed by atoms with van der Waals surface area (Å²) in [4.78, 5) is 17.2. The second-order valence-corrected chi connectivity index (χ2v) is 7.20. The van der Waals surface area contributed by atoms with Crippen LogP contribution in [0, 0.1) is 12.8 Å². The highest BCUT2D eigenvalue weighted by Crippen LogP contribution is 2.34. The van der Waals surface area contributed by atoms with Gasteiger partial charge in [-0.15, -0.1) is 0 Å². The van der Waals surface area contributed by atoms with Gasteiger partial charge < -0.3 is 14.4 Å². The number of benzene rings is 1. The second kappa shape index (κ2) is 6.82. The Balaban J connectivity index is 1.40. The zero-order valence-corrected chi connectivity index (χ0v) is 14.3. The molecule has 130 valence electrons. The van der Waals surface area contributed by atoms with E-state index in [2.05, 4.69) is 36.1 Å². The number of morpholine rings is 2. The van der Waals surface area contributed by atoms with Crippen molar-refractivity contribution in [2.45, 2.75) is 32.1 Å². The molecule has 3 aliphatic heterocycles. The van der Waals surface area contributed by atoms with Crippen LogP contribution in [0.5, 0.6) is 0 Å². The van der Waals surface area contributed by atoms with Gasteiger partial charge in [-0.05, 0) is 24.5 Å². The number of rotatable bonds is 3. The summed E-state index contributed by atoms with van der Waals surface area (Å²) >= 11 is 0. The molecule has 2 bridgehead atoms. The van der Waals surface area contributed by atoms with Gasteiger partial charge in [0.05, 0.1) is 31.3 Å². The van der Waals surface area contributed by atoms with Gasteiger partial charge in [-0.25, -0.2) is 0 Å². The molecule has 0 saturated carbocycles. The van der Waals surface area contributed by atoms with Crippen LogP contribution in [0.3, 0.4) is 0 Å². The molecule has 5 nitrogen and oxygen atoms in total. The van der Waals surface area contributed by atoms with Gasteiger partial charge in [0.15, 0.2) is 0 Å². The molecule has 5 heteroatoms. The lowest BCUT2D eigenvalue weighted by Gasteiger charge is -2.34. The summed E-state index contributed by atoms with van der Waals surface area (Å²) in [6.45, 7) is 7.65. The first-order valence-corrected chi connectivity index (χ1v) is 8.99. The Labute approximate surface area is 143 Å². The SMILES string of the molecule is Cc1ccccc1CN1C[C@H]2C[C@@H](C(=O)N3CCOCC3)[C@@H](C1)O2. The zero-order valence-electron chi connectivity index (χ0n) is 14.3. The molecule has 3 saturated heterocycles.